The summed E-state index contributed by atoms with van der Waals surface area (Å²) in [5.74, 6) is -0.321. The van der Waals surface area contributed by atoms with Gasteiger partial charge in [0.2, 0.25) is 0 Å². The predicted octanol–water partition coefficient (Wildman–Crippen LogP) is 3.00. The molecule has 5 nitrogen and oxygen atoms in total. The molecule has 0 saturated carbocycles. The van der Waals surface area contributed by atoms with Crippen molar-refractivity contribution < 1.29 is 14.3 Å². The van der Waals surface area contributed by atoms with Crippen molar-refractivity contribution in [3.8, 4) is 5.75 Å². The molecular formula is C18H17BrN2O3. The third-order valence-corrected chi connectivity index (χ3v) is 3.62. The molecule has 0 aliphatic heterocycles. The van der Waals surface area contributed by atoms with Crippen molar-refractivity contribution in [2.24, 2.45) is 0 Å². The van der Waals surface area contributed by atoms with Gasteiger partial charge in [-0.25, -0.2) is 0 Å². The summed E-state index contributed by atoms with van der Waals surface area (Å²) < 4.78 is 6.16. The van der Waals surface area contributed by atoms with Crippen LogP contribution in [-0.4, -0.2) is 18.4 Å². The number of nitrogens with one attached hydrogen (secondary N) is 2. The zero-order valence-electron chi connectivity index (χ0n) is 13.1. The zero-order chi connectivity index (χ0) is 17.4. The van der Waals surface area contributed by atoms with Gasteiger partial charge in [0.25, 0.3) is 11.8 Å². The molecule has 0 aromatic heterocycles. The first-order chi connectivity index (χ1) is 11.5. The molecule has 0 atom stereocenters. The van der Waals surface area contributed by atoms with Gasteiger partial charge >= 0.3 is 0 Å². The van der Waals surface area contributed by atoms with E-state index in [1.54, 1.807) is 12.1 Å². The Morgan fingerprint density at radius 3 is 2.58 bits per heavy atom. The lowest BCUT2D eigenvalue weighted by Gasteiger charge is -2.09. The molecule has 6 heteroatoms. The van der Waals surface area contributed by atoms with E-state index in [4.69, 9.17) is 4.74 Å². The number of carbonyl (C=O) groups is 2. The number of ether oxygens (including phenoxy) is 1. The molecule has 24 heavy (non-hydrogen) atoms. The Labute approximate surface area is 148 Å². The molecule has 0 bridgehead atoms. The first kappa shape index (κ1) is 17.7. The lowest BCUT2D eigenvalue weighted by Crippen LogP contribution is -2.43. The first-order valence-electron chi connectivity index (χ1n) is 7.25. The SMILES string of the molecule is Cc1ccc(OCC(=O)NNC(=O)/C=C/c2ccccc2)c(Br)c1. The molecule has 2 aromatic carbocycles. The van der Waals surface area contributed by atoms with Crippen LogP contribution in [0.5, 0.6) is 5.75 Å². The Morgan fingerprint density at radius 1 is 1.12 bits per heavy atom. The van der Waals surface area contributed by atoms with E-state index < -0.39 is 11.8 Å². The second-order valence-corrected chi connectivity index (χ2v) is 5.86. The molecule has 0 aliphatic carbocycles. The summed E-state index contributed by atoms with van der Waals surface area (Å²) in [4.78, 5) is 23.3. The van der Waals surface area contributed by atoms with Crippen LogP contribution in [0.1, 0.15) is 11.1 Å². The van der Waals surface area contributed by atoms with Crippen LogP contribution in [0.2, 0.25) is 0 Å². The number of hydrazine groups is 1. The van der Waals surface area contributed by atoms with Gasteiger partial charge < -0.3 is 4.74 Å². The summed E-state index contributed by atoms with van der Waals surface area (Å²) in [6, 6.07) is 14.9. The number of aryl methyl sites for hydroxylation is 1. The van der Waals surface area contributed by atoms with Gasteiger partial charge in [0, 0.05) is 6.08 Å². The van der Waals surface area contributed by atoms with Crippen molar-refractivity contribution in [2.75, 3.05) is 6.61 Å². The van der Waals surface area contributed by atoms with E-state index in [0.29, 0.717) is 5.75 Å². The molecule has 0 saturated heterocycles. The molecule has 0 unspecified atom stereocenters. The van der Waals surface area contributed by atoms with Crippen LogP contribution in [0, 0.1) is 6.92 Å². The van der Waals surface area contributed by atoms with Crippen LogP contribution >= 0.6 is 15.9 Å². The Kier molecular flexibility index (Phi) is 6.57. The molecule has 0 spiro atoms. The lowest BCUT2D eigenvalue weighted by atomic mass is 10.2. The molecule has 2 amide bonds. The van der Waals surface area contributed by atoms with Crippen molar-refractivity contribution in [1.82, 2.24) is 10.9 Å². The minimum Gasteiger partial charge on any atom is -0.483 e. The van der Waals surface area contributed by atoms with Gasteiger partial charge in [0.15, 0.2) is 6.61 Å². The average molecular weight is 389 g/mol. The fourth-order valence-corrected chi connectivity index (χ4v) is 2.42. The lowest BCUT2D eigenvalue weighted by molar-refractivity contribution is -0.128. The monoisotopic (exact) mass is 388 g/mol. The highest BCUT2D eigenvalue weighted by atomic mass is 79.9. The fraction of sp³-hybridized carbons (Fsp3) is 0.111. The number of hydrogen-bond acceptors (Lipinski definition) is 3. The molecular weight excluding hydrogens is 372 g/mol. The Morgan fingerprint density at radius 2 is 1.88 bits per heavy atom. The molecule has 0 fully saturated rings. The normalized spacial score (nSPS) is 10.4. The maximum absolute atomic E-state index is 11.7. The molecule has 2 rings (SSSR count). The summed E-state index contributed by atoms with van der Waals surface area (Å²) >= 11 is 3.37. The van der Waals surface area contributed by atoms with Crippen molar-refractivity contribution in [3.05, 3.63) is 70.2 Å². The van der Waals surface area contributed by atoms with E-state index in [0.717, 1.165) is 15.6 Å². The molecule has 2 aromatic rings. The molecule has 0 heterocycles. The third-order valence-electron chi connectivity index (χ3n) is 3.00. The summed E-state index contributed by atoms with van der Waals surface area (Å²) in [6.45, 7) is 1.75. The van der Waals surface area contributed by atoms with E-state index in [9.17, 15) is 9.59 Å². The molecule has 0 radical (unpaired) electrons. The van der Waals surface area contributed by atoms with Gasteiger partial charge in [-0.15, -0.1) is 0 Å². The van der Waals surface area contributed by atoms with Crippen LogP contribution in [0.25, 0.3) is 6.08 Å². The topological polar surface area (TPSA) is 67.4 Å². The highest BCUT2D eigenvalue weighted by Crippen LogP contribution is 2.25. The first-order valence-corrected chi connectivity index (χ1v) is 8.05. The van der Waals surface area contributed by atoms with Crippen LogP contribution in [0.15, 0.2) is 59.1 Å². The fourth-order valence-electron chi connectivity index (χ4n) is 1.81. The van der Waals surface area contributed by atoms with Gasteiger partial charge in [0.05, 0.1) is 4.47 Å². The van der Waals surface area contributed by atoms with E-state index in [2.05, 4.69) is 26.8 Å². The van der Waals surface area contributed by atoms with Gasteiger partial charge in [-0.1, -0.05) is 36.4 Å². The summed E-state index contributed by atoms with van der Waals surface area (Å²) in [5, 5.41) is 0. The summed E-state index contributed by atoms with van der Waals surface area (Å²) in [5.41, 5.74) is 6.56. The van der Waals surface area contributed by atoms with Crippen LogP contribution in [0.3, 0.4) is 0 Å². The van der Waals surface area contributed by atoms with Crippen molar-refractivity contribution in [3.63, 3.8) is 0 Å². The van der Waals surface area contributed by atoms with Crippen LogP contribution in [-0.2, 0) is 9.59 Å². The minimum absolute atomic E-state index is 0.204. The summed E-state index contributed by atoms with van der Waals surface area (Å²) in [6.07, 6.45) is 2.99. The van der Waals surface area contributed by atoms with Gasteiger partial charge in [-0.2, -0.15) is 0 Å². The van der Waals surface area contributed by atoms with Gasteiger partial charge in [-0.05, 0) is 52.2 Å². The zero-order valence-corrected chi connectivity index (χ0v) is 14.7. The molecule has 124 valence electrons. The minimum atomic E-state index is -0.455. The van der Waals surface area contributed by atoms with E-state index in [-0.39, 0.29) is 6.61 Å². The Balaban J connectivity index is 1.74. The predicted molar refractivity (Wildman–Crippen MR) is 96.1 cm³/mol. The molecule has 2 N–H and O–H groups in total. The highest BCUT2D eigenvalue weighted by Gasteiger charge is 2.06. The standard InChI is InChI=1S/C18H17BrN2O3/c1-13-7-9-16(15(19)11-13)24-12-18(23)21-20-17(22)10-8-14-5-3-2-4-6-14/h2-11H,12H2,1H3,(H,20,22)(H,21,23)/b10-8+. The second-order valence-electron chi connectivity index (χ2n) is 5.00. The Hall–Kier alpha value is -2.60. The third kappa shape index (κ3) is 5.89. The number of rotatable bonds is 5. The maximum Gasteiger partial charge on any atom is 0.276 e. The maximum atomic E-state index is 11.7. The molecule has 0 aliphatic rings. The average Bonchev–Trinajstić information content (AvgIpc) is 2.58. The van der Waals surface area contributed by atoms with Crippen molar-refractivity contribution >= 4 is 33.8 Å². The number of hydrogen-bond donors (Lipinski definition) is 2. The van der Waals surface area contributed by atoms with Gasteiger partial charge in [0.1, 0.15) is 5.75 Å². The Bertz CT molecular complexity index is 745. The van der Waals surface area contributed by atoms with E-state index >= 15 is 0 Å². The highest BCUT2D eigenvalue weighted by molar-refractivity contribution is 9.10. The summed E-state index contributed by atoms with van der Waals surface area (Å²) in [7, 11) is 0. The van der Waals surface area contributed by atoms with E-state index in [1.165, 1.54) is 6.08 Å². The quantitative estimate of drug-likeness (QED) is 0.610. The van der Waals surface area contributed by atoms with E-state index in [1.807, 2.05) is 49.4 Å². The van der Waals surface area contributed by atoms with Crippen LogP contribution < -0.4 is 15.6 Å². The smallest absolute Gasteiger partial charge is 0.276 e. The second kappa shape index (κ2) is 8.88. The van der Waals surface area contributed by atoms with Crippen molar-refractivity contribution in [1.29, 1.82) is 0 Å². The number of carbonyl (C=O) groups excluding carboxylic acids is 2. The number of benzene rings is 2. The van der Waals surface area contributed by atoms with Gasteiger partial charge in [-0.3, -0.25) is 20.4 Å². The largest absolute Gasteiger partial charge is 0.483 e. The number of halogens is 1. The van der Waals surface area contributed by atoms with Crippen LogP contribution in [0.4, 0.5) is 0 Å². The number of amides is 2. The van der Waals surface area contributed by atoms with Crippen molar-refractivity contribution in [2.45, 2.75) is 6.92 Å².